The van der Waals surface area contributed by atoms with E-state index in [1.54, 1.807) is 32.3 Å². The van der Waals surface area contributed by atoms with Gasteiger partial charge < -0.3 is 33.3 Å². The van der Waals surface area contributed by atoms with Gasteiger partial charge in [-0.25, -0.2) is 0 Å². The molecule has 8 nitrogen and oxygen atoms in total. The van der Waals surface area contributed by atoms with Gasteiger partial charge >= 0.3 is 0 Å². The molecule has 1 heterocycles. The zero-order valence-electron chi connectivity index (χ0n) is 18.9. The number of amides is 1. The van der Waals surface area contributed by atoms with Gasteiger partial charge in [-0.2, -0.15) is 0 Å². The molecule has 1 amide bonds. The lowest BCUT2D eigenvalue weighted by Gasteiger charge is -2.40. The van der Waals surface area contributed by atoms with Gasteiger partial charge in [0.1, 0.15) is 25.4 Å². The Morgan fingerprint density at radius 3 is 2.37 bits per heavy atom. The van der Waals surface area contributed by atoms with Crippen LogP contribution in [0.3, 0.4) is 0 Å². The average Bonchev–Trinajstić information content (AvgIpc) is 2.76. The number of methoxy groups -OCH3 is 3. The summed E-state index contributed by atoms with van der Waals surface area (Å²) in [5.41, 5.74) is 1.47. The summed E-state index contributed by atoms with van der Waals surface area (Å²) in [4.78, 5) is 14.5. The van der Waals surface area contributed by atoms with Crippen molar-refractivity contribution in [3.8, 4) is 5.75 Å². The van der Waals surface area contributed by atoms with Crippen LogP contribution in [0.2, 0.25) is 0 Å². The van der Waals surface area contributed by atoms with Crippen molar-refractivity contribution in [1.82, 2.24) is 4.90 Å². The number of carbonyl (C=O) groups excluding carboxylic acids is 1. The maximum absolute atomic E-state index is 12.7. The first-order valence-electron chi connectivity index (χ1n) is 10.3. The minimum absolute atomic E-state index is 0.0166. The lowest BCUT2D eigenvalue weighted by atomic mass is 9.93. The number of hydrogen-bond acceptors (Lipinski definition) is 7. The fourth-order valence-corrected chi connectivity index (χ4v) is 3.75. The summed E-state index contributed by atoms with van der Waals surface area (Å²) in [5.74, 6) is 0.601. The molecule has 0 N–H and O–H groups in total. The summed E-state index contributed by atoms with van der Waals surface area (Å²) in [6.07, 6.45) is -0.470. The van der Waals surface area contributed by atoms with E-state index < -0.39 is 0 Å². The van der Waals surface area contributed by atoms with E-state index in [4.69, 9.17) is 28.4 Å². The van der Waals surface area contributed by atoms with Gasteiger partial charge in [-0.3, -0.25) is 4.79 Å². The highest BCUT2D eigenvalue weighted by Crippen LogP contribution is 2.39. The van der Waals surface area contributed by atoms with Gasteiger partial charge in [-0.1, -0.05) is 6.07 Å². The third-order valence-corrected chi connectivity index (χ3v) is 5.31. The van der Waals surface area contributed by atoms with Crippen molar-refractivity contribution in [3.05, 3.63) is 29.3 Å². The molecular formula is C22H35NO7. The molecule has 0 aliphatic carbocycles. The van der Waals surface area contributed by atoms with Crippen LogP contribution < -0.4 is 4.74 Å². The number of rotatable bonds is 11. The van der Waals surface area contributed by atoms with E-state index in [9.17, 15) is 4.79 Å². The molecule has 4 atom stereocenters. The zero-order chi connectivity index (χ0) is 22.1. The Kier molecular flexibility index (Phi) is 10.0. The highest BCUT2D eigenvalue weighted by molar-refractivity contribution is 5.94. The second kappa shape index (κ2) is 12.2. The summed E-state index contributed by atoms with van der Waals surface area (Å²) in [6, 6.07) is 5.50. The maximum Gasteiger partial charge on any atom is 0.253 e. The molecule has 170 valence electrons. The second-order valence-corrected chi connectivity index (χ2v) is 7.15. The van der Waals surface area contributed by atoms with Crippen LogP contribution in [0, 0.1) is 0 Å². The normalized spacial score (nSPS) is 23.9. The summed E-state index contributed by atoms with van der Waals surface area (Å²) >= 11 is 0. The summed E-state index contributed by atoms with van der Waals surface area (Å²) < 4.78 is 33.7. The van der Waals surface area contributed by atoms with Crippen molar-refractivity contribution in [3.63, 3.8) is 0 Å². The molecule has 1 aromatic rings. The van der Waals surface area contributed by atoms with E-state index >= 15 is 0 Å². The maximum atomic E-state index is 12.7. The van der Waals surface area contributed by atoms with E-state index in [-0.39, 0.29) is 43.9 Å². The minimum Gasteiger partial charge on any atom is -0.496 e. The quantitative estimate of drug-likeness (QED) is 0.505. The van der Waals surface area contributed by atoms with Gasteiger partial charge in [0.25, 0.3) is 5.91 Å². The van der Waals surface area contributed by atoms with E-state index in [1.807, 2.05) is 32.9 Å². The molecule has 1 fully saturated rings. The first-order valence-corrected chi connectivity index (χ1v) is 10.3. The lowest BCUT2D eigenvalue weighted by Crippen LogP contribution is -2.47. The lowest BCUT2D eigenvalue weighted by molar-refractivity contribution is -0.234. The summed E-state index contributed by atoms with van der Waals surface area (Å²) in [7, 11) is 4.76. The molecule has 0 bridgehead atoms. The fraction of sp³-hybridized carbons (Fsp3) is 0.682. The molecule has 2 rings (SSSR count). The van der Waals surface area contributed by atoms with Gasteiger partial charge in [-0.15, -0.1) is 0 Å². The molecule has 1 aliphatic heterocycles. The third-order valence-electron chi connectivity index (χ3n) is 5.31. The topological polar surface area (TPSA) is 75.7 Å². The molecule has 0 spiro atoms. The smallest absolute Gasteiger partial charge is 0.253 e. The standard InChI is InChI=1S/C22H35NO7/c1-7-23(8-2)22(24)16-9-10-17(18(11-16)27-6)19-12-20(28-13-25-4)21(15(3)30-19)29-14-26-5/h9-11,15,19-21H,7-8,12-14H2,1-6H3/t15-,19-,20-,21-/m1/s1. The van der Waals surface area contributed by atoms with Crippen molar-refractivity contribution >= 4 is 5.91 Å². The van der Waals surface area contributed by atoms with Gasteiger partial charge in [0, 0.05) is 44.9 Å². The van der Waals surface area contributed by atoms with Gasteiger partial charge in [0.05, 0.1) is 25.4 Å². The number of hydrogen-bond donors (Lipinski definition) is 0. The largest absolute Gasteiger partial charge is 0.496 e. The van der Waals surface area contributed by atoms with Crippen molar-refractivity contribution in [2.75, 3.05) is 48.0 Å². The van der Waals surface area contributed by atoms with Crippen molar-refractivity contribution in [2.24, 2.45) is 0 Å². The Morgan fingerprint density at radius 2 is 1.77 bits per heavy atom. The van der Waals surface area contributed by atoms with E-state index in [2.05, 4.69) is 0 Å². The van der Waals surface area contributed by atoms with E-state index in [0.29, 0.717) is 30.8 Å². The molecule has 30 heavy (non-hydrogen) atoms. The molecule has 8 heteroatoms. The molecule has 1 aliphatic rings. The van der Waals surface area contributed by atoms with Crippen LogP contribution in [0.4, 0.5) is 0 Å². The molecule has 1 aromatic carbocycles. The average molecular weight is 426 g/mol. The predicted octanol–water partition coefficient (Wildman–Crippen LogP) is 3.01. The monoisotopic (exact) mass is 425 g/mol. The van der Waals surface area contributed by atoms with Crippen LogP contribution in [-0.4, -0.2) is 77.1 Å². The van der Waals surface area contributed by atoms with Crippen LogP contribution in [-0.2, 0) is 23.7 Å². The molecule has 0 unspecified atom stereocenters. The summed E-state index contributed by atoms with van der Waals surface area (Å²) in [6.45, 7) is 7.50. The fourth-order valence-electron chi connectivity index (χ4n) is 3.75. The van der Waals surface area contributed by atoms with Crippen molar-refractivity contribution in [1.29, 1.82) is 0 Å². The van der Waals surface area contributed by atoms with Gasteiger partial charge in [-0.05, 0) is 32.9 Å². The van der Waals surface area contributed by atoms with Crippen LogP contribution in [0.5, 0.6) is 5.75 Å². The Labute approximate surface area is 179 Å². The Hall–Kier alpha value is -1.71. The number of benzene rings is 1. The SMILES string of the molecule is CCN(CC)C(=O)c1ccc([C@H]2C[C@@H](OCOC)[C@H](OCOC)[C@@H](C)O2)c(OC)c1. The first kappa shape index (κ1) is 24.6. The number of carbonyl (C=O) groups is 1. The van der Waals surface area contributed by atoms with Crippen molar-refractivity contribution < 1.29 is 33.2 Å². The Morgan fingerprint density at radius 1 is 1.10 bits per heavy atom. The third kappa shape index (κ3) is 5.92. The van der Waals surface area contributed by atoms with E-state index in [1.165, 1.54) is 0 Å². The van der Waals surface area contributed by atoms with Gasteiger partial charge in [0.15, 0.2) is 0 Å². The van der Waals surface area contributed by atoms with Crippen LogP contribution in [0.15, 0.2) is 18.2 Å². The molecule has 0 radical (unpaired) electrons. The highest BCUT2D eigenvalue weighted by atomic mass is 16.7. The van der Waals surface area contributed by atoms with Crippen LogP contribution in [0.1, 0.15) is 49.2 Å². The molecule has 0 aromatic heterocycles. The second-order valence-electron chi connectivity index (χ2n) is 7.15. The van der Waals surface area contributed by atoms with Gasteiger partial charge in [0.2, 0.25) is 0 Å². The summed E-state index contributed by atoms with van der Waals surface area (Å²) in [5, 5.41) is 0. The van der Waals surface area contributed by atoms with Crippen LogP contribution >= 0.6 is 0 Å². The van der Waals surface area contributed by atoms with Crippen molar-refractivity contribution in [2.45, 2.75) is 51.6 Å². The minimum atomic E-state index is -0.286. The predicted molar refractivity (Wildman–Crippen MR) is 112 cm³/mol. The van der Waals surface area contributed by atoms with Crippen LogP contribution in [0.25, 0.3) is 0 Å². The molecular weight excluding hydrogens is 390 g/mol. The Balaban J connectivity index is 2.25. The number of nitrogens with zero attached hydrogens (tertiary/aromatic N) is 1. The van der Waals surface area contributed by atoms with E-state index in [0.717, 1.165) is 5.56 Å². The molecule has 1 saturated heterocycles. The molecule has 0 saturated carbocycles. The Bertz CT molecular complexity index is 665. The zero-order valence-corrected chi connectivity index (χ0v) is 18.9. The first-order chi connectivity index (χ1) is 14.5. The highest BCUT2D eigenvalue weighted by Gasteiger charge is 2.39. The number of ether oxygens (including phenoxy) is 6.